The Labute approximate surface area is 68.7 Å². The predicted molar refractivity (Wildman–Crippen MR) is 47.1 cm³/mol. The first-order valence-electron chi connectivity index (χ1n) is 4.55. The molecule has 62 valence electrons. The first kappa shape index (κ1) is 7.35. The molecule has 1 fully saturated rings. The molecule has 0 radical (unpaired) electrons. The van der Waals surface area contributed by atoms with E-state index in [1.165, 1.54) is 18.4 Å². The van der Waals surface area contributed by atoms with Crippen LogP contribution < -0.4 is 5.73 Å². The molecule has 0 heterocycles. The molecule has 2 N–H and O–H groups in total. The fraction of sp³-hybridized carbons (Fsp3) is 0.800. The average molecular weight is 151 g/mol. The smallest absolute Gasteiger partial charge is 0.0139 e. The predicted octanol–water partition coefficient (Wildman–Crippen LogP) is 1.94. The minimum Gasteiger partial charge on any atom is -0.327 e. The fourth-order valence-electron chi connectivity index (χ4n) is 2.71. The van der Waals surface area contributed by atoms with Gasteiger partial charge in [0.2, 0.25) is 0 Å². The third-order valence-corrected chi connectivity index (χ3v) is 3.82. The van der Waals surface area contributed by atoms with E-state index in [1.807, 2.05) is 0 Å². The monoisotopic (exact) mass is 151 g/mol. The molecule has 0 aliphatic heterocycles. The molecule has 0 aromatic rings. The van der Waals surface area contributed by atoms with Crippen LogP contribution in [0.2, 0.25) is 0 Å². The molecule has 2 atom stereocenters. The summed E-state index contributed by atoms with van der Waals surface area (Å²) in [7, 11) is 0. The van der Waals surface area contributed by atoms with Gasteiger partial charge in [-0.05, 0) is 30.1 Å². The standard InChI is InChI=1S/C10H17N/c1-10(2)8-4-3-7(6-11)9(10)5-8/h3,8-9H,4-6,11H2,1-2H3. The molecule has 1 heteroatoms. The van der Waals surface area contributed by atoms with Gasteiger partial charge in [-0.25, -0.2) is 0 Å². The minimum atomic E-state index is 0.559. The summed E-state index contributed by atoms with van der Waals surface area (Å²) in [6.45, 7) is 5.55. The number of hydrogen-bond donors (Lipinski definition) is 1. The van der Waals surface area contributed by atoms with E-state index in [2.05, 4.69) is 19.9 Å². The van der Waals surface area contributed by atoms with Crippen LogP contribution in [0.4, 0.5) is 0 Å². The van der Waals surface area contributed by atoms with Crippen molar-refractivity contribution in [3.05, 3.63) is 11.6 Å². The summed E-state index contributed by atoms with van der Waals surface area (Å²) < 4.78 is 0. The Morgan fingerprint density at radius 1 is 1.64 bits per heavy atom. The van der Waals surface area contributed by atoms with Crippen LogP contribution in [0.15, 0.2) is 11.6 Å². The summed E-state index contributed by atoms with van der Waals surface area (Å²) in [6, 6.07) is 0. The number of nitrogens with two attached hydrogens (primary N) is 1. The van der Waals surface area contributed by atoms with Crippen LogP contribution in [0.1, 0.15) is 26.7 Å². The second kappa shape index (κ2) is 2.10. The number of hydrogen-bond acceptors (Lipinski definition) is 1. The van der Waals surface area contributed by atoms with Gasteiger partial charge in [-0.15, -0.1) is 0 Å². The Hall–Kier alpha value is -0.300. The molecule has 3 aliphatic carbocycles. The molecule has 0 aromatic carbocycles. The van der Waals surface area contributed by atoms with E-state index in [-0.39, 0.29) is 0 Å². The fourth-order valence-corrected chi connectivity index (χ4v) is 2.71. The summed E-state index contributed by atoms with van der Waals surface area (Å²) in [6.07, 6.45) is 5.04. The van der Waals surface area contributed by atoms with E-state index < -0.39 is 0 Å². The largest absolute Gasteiger partial charge is 0.327 e. The molecule has 11 heavy (non-hydrogen) atoms. The highest BCUT2D eigenvalue weighted by atomic mass is 14.6. The molecule has 0 aromatic heterocycles. The lowest BCUT2D eigenvalue weighted by atomic mass is 9.49. The van der Waals surface area contributed by atoms with Gasteiger partial charge in [-0.3, -0.25) is 0 Å². The molecule has 2 bridgehead atoms. The Bertz CT molecular complexity index is 203. The van der Waals surface area contributed by atoms with Crippen LogP contribution in [0.5, 0.6) is 0 Å². The third-order valence-electron chi connectivity index (χ3n) is 3.82. The van der Waals surface area contributed by atoms with E-state index in [0.29, 0.717) is 5.41 Å². The summed E-state index contributed by atoms with van der Waals surface area (Å²) in [5.74, 6) is 1.76. The van der Waals surface area contributed by atoms with E-state index in [1.54, 1.807) is 0 Å². The van der Waals surface area contributed by atoms with Crippen LogP contribution in [-0.2, 0) is 0 Å². The molecular weight excluding hydrogens is 134 g/mol. The summed E-state index contributed by atoms with van der Waals surface area (Å²) >= 11 is 0. The second-order valence-electron chi connectivity index (χ2n) is 4.53. The summed E-state index contributed by atoms with van der Waals surface area (Å²) in [4.78, 5) is 0. The van der Waals surface area contributed by atoms with Crippen LogP contribution in [0, 0.1) is 17.3 Å². The van der Waals surface area contributed by atoms with Crippen molar-refractivity contribution in [1.82, 2.24) is 0 Å². The van der Waals surface area contributed by atoms with Gasteiger partial charge in [-0.2, -0.15) is 0 Å². The average Bonchev–Trinajstić information content (AvgIpc) is 2.04. The van der Waals surface area contributed by atoms with Gasteiger partial charge in [0, 0.05) is 6.54 Å². The first-order chi connectivity index (χ1) is 5.16. The molecule has 1 saturated carbocycles. The lowest BCUT2D eigenvalue weighted by Crippen LogP contribution is -2.49. The topological polar surface area (TPSA) is 26.0 Å². The van der Waals surface area contributed by atoms with Gasteiger partial charge in [0.1, 0.15) is 0 Å². The Morgan fingerprint density at radius 3 is 2.73 bits per heavy atom. The summed E-state index contributed by atoms with van der Waals surface area (Å²) in [5.41, 5.74) is 7.74. The third kappa shape index (κ3) is 0.807. The van der Waals surface area contributed by atoms with Gasteiger partial charge in [0.15, 0.2) is 0 Å². The van der Waals surface area contributed by atoms with E-state index in [9.17, 15) is 0 Å². The Kier molecular flexibility index (Phi) is 1.40. The molecule has 2 unspecified atom stereocenters. The van der Waals surface area contributed by atoms with Crippen molar-refractivity contribution in [1.29, 1.82) is 0 Å². The van der Waals surface area contributed by atoms with Gasteiger partial charge in [0.25, 0.3) is 0 Å². The van der Waals surface area contributed by atoms with Gasteiger partial charge in [-0.1, -0.05) is 25.5 Å². The van der Waals surface area contributed by atoms with Crippen LogP contribution in [-0.4, -0.2) is 6.54 Å². The minimum absolute atomic E-state index is 0.559. The zero-order valence-corrected chi connectivity index (χ0v) is 7.43. The van der Waals surface area contributed by atoms with Gasteiger partial charge >= 0.3 is 0 Å². The van der Waals surface area contributed by atoms with Crippen LogP contribution in [0.3, 0.4) is 0 Å². The Morgan fingerprint density at radius 2 is 2.36 bits per heavy atom. The van der Waals surface area contributed by atoms with Crippen molar-refractivity contribution in [2.75, 3.05) is 6.54 Å². The number of fused-ring (bicyclic) bond motifs is 1. The van der Waals surface area contributed by atoms with Crippen molar-refractivity contribution in [3.63, 3.8) is 0 Å². The van der Waals surface area contributed by atoms with Crippen LogP contribution in [0.25, 0.3) is 0 Å². The van der Waals surface area contributed by atoms with Gasteiger partial charge < -0.3 is 5.73 Å². The Balaban J connectivity index is 2.23. The number of rotatable bonds is 1. The van der Waals surface area contributed by atoms with Crippen molar-refractivity contribution in [2.45, 2.75) is 26.7 Å². The lowest BCUT2D eigenvalue weighted by Gasteiger charge is -2.56. The molecular formula is C10H17N. The van der Waals surface area contributed by atoms with E-state index >= 15 is 0 Å². The normalized spacial score (nSPS) is 39.4. The maximum atomic E-state index is 5.67. The van der Waals surface area contributed by atoms with Crippen molar-refractivity contribution in [3.8, 4) is 0 Å². The lowest BCUT2D eigenvalue weighted by molar-refractivity contribution is -0.00665. The van der Waals surface area contributed by atoms with Crippen molar-refractivity contribution < 1.29 is 0 Å². The highest BCUT2D eigenvalue weighted by molar-refractivity contribution is 5.23. The van der Waals surface area contributed by atoms with E-state index in [4.69, 9.17) is 5.73 Å². The molecule has 3 rings (SSSR count). The molecule has 0 amide bonds. The van der Waals surface area contributed by atoms with Crippen molar-refractivity contribution in [2.24, 2.45) is 23.0 Å². The quantitative estimate of drug-likeness (QED) is 0.569. The van der Waals surface area contributed by atoms with E-state index in [0.717, 1.165) is 18.4 Å². The van der Waals surface area contributed by atoms with Crippen LogP contribution >= 0.6 is 0 Å². The van der Waals surface area contributed by atoms with Crippen molar-refractivity contribution >= 4 is 0 Å². The maximum absolute atomic E-state index is 5.67. The highest BCUT2D eigenvalue weighted by Crippen LogP contribution is 2.58. The molecule has 0 saturated heterocycles. The molecule has 3 aliphatic rings. The zero-order chi connectivity index (χ0) is 8.06. The first-order valence-corrected chi connectivity index (χ1v) is 4.55. The zero-order valence-electron chi connectivity index (χ0n) is 7.43. The second-order valence-corrected chi connectivity index (χ2v) is 4.53. The van der Waals surface area contributed by atoms with Gasteiger partial charge in [0.05, 0.1) is 0 Å². The summed E-state index contributed by atoms with van der Waals surface area (Å²) in [5, 5.41) is 0. The SMILES string of the molecule is CC1(C)C2CC=C(CN)C1C2. The molecule has 1 nitrogen and oxygen atoms in total. The highest BCUT2D eigenvalue weighted by Gasteiger charge is 2.50. The molecule has 0 spiro atoms. The number of allylic oxidation sites excluding steroid dienone is 1. The maximum Gasteiger partial charge on any atom is 0.0139 e.